The summed E-state index contributed by atoms with van der Waals surface area (Å²) in [5.74, 6) is 0. The molecule has 0 spiro atoms. The molecule has 0 aliphatic rings. The third-order valence-corrected chi connectivity index (χ3v) is 11.8. The van der Waals surface area contributed by atoms with Crippen LogP contribution in [0.2, 0.25) is 10.0 Å². The summed E-state index contributed by atoms with van der Waals surface area (Å²) >= 11 is 14.1. The first-order valence-electron chi connectivity index (χ1n) is 17.9. The van der Waals surface area contributed by atoms with Crippen LogP contribution in [0.15, 0.2) is 133 Å². The second kappa shape index (κ2) is 15.4. The Kier molecular flexibility index (Phi) is 11.3. The maximum Gasteiger partial charge on any atom is -0.172 e. The Labute approximate surface area is 334 Å². The van der Waals surface area contributed by atoms with E-state index in [-0.39, 0.29) is 10.8 Å². The number of rotatable bonds is 2. The fourth-order valence-electron chi connectivity index (χ4n) is 7.39. The Hall–Kier alpha value is -3.61. The molecule has 0 bridgehead atoms. The molecule has 0 heterocycles. The molecule has 52 heavy (non-hydrogen) atoms. The fraction of sp³-hybridized carbons (Fsp3) is 0.204. The molecule has 260 valence electrons. The van der Waals surface area contributed by atoms with E-state index < -0.39 is 0 Å². The zero-order chi connectivity index (χ0) is 37.4. The summed E-state index contributed by atoms with van der Waals surface area (Å²) in [5, 5.41) is 11.7. The standard InChI is InChI=1S/C23H29.C21H12Cl2.C5H5.Zr/c1-14-9-16-11-17-10-15(2)21(23(6,7)8)13-19(17)18(16)12-20(14)22(3,4)5;22-20-11-3-7-16-14(5-1-9-18(16)20)13-15-6-2-10-19-17(15)8-4-12-21(19)23;1-2-4-5-3-1;/h9-13H,1-8H3;1-12H;1-5H;/q-1;;-1;+2. The summed E-state index contributed by atoms with van der Waals surface area (Å²) in [7, 11) is 0. The molecule has 0 atom stereocenters. The van der Waals surface area contributed by atoms with Crippen LogP contribution in [0, 0.1) is 13.8 Å². The molecular weight excluding hydrogens is 751 g/mol. The fourth-order valence-corrected chi connectivity index (χ4v) is 8.94. The van der Waals surface area contributed by atoms with Gasteiger partial charge in [0.05, 0.1) is 0 Å². The topological polar surface area (TPSA) is 0 Å². The predicted octanol–water partition coefficient (Wildman–Crippen LogP) is 14.7. The molecule has 8 aromatic carbocycles. The number of fused-ring (bicyclic) bond motifs is 5. The molecular formula is C49H46Cl2Zr. The molecule has 0 unspecified atom stereocenters. The Bertz CT molecular complexity index is 2350. The summed E-state index contributed by atoms with van der Waals surface area (Å²) in [6.07, 6.45) is 0. The van der Waals surface area contributed by atoms with Crippen molar-refractivity contribution in [1.29, 1.82) is 0 Å². The van der Waals surface area contributed by atoms with Crippen molar-refractivity contribution in [2.24, 2.45) is 0 Å². The monoisotopic (exact) mass is 794 g/mol. The first kappa shape index (κ1) is 38.1. The number of hydrogen-bond acceptors (Lipinski definition) is 0. The van der Waals surface area contributed by atoms with Gasteiger partial charge in [0, 0.05) is 0 Å². The number of aryl methyl sites for hydroxylation is 2. The van der Waals surface area contributed by atoms with Gasteiger partial charge in [0.1, 0.15) is 0 Å². The van der Waals surface area contributed by atoms with Gasteiger partial charge in [-0.3, -0.25) is 0 Å². The van der Waals surface area contributed by atoms with Gasteiger partial charge in [0.25, 0.3) is 0 Å². The van der Waals surface area contributed by atoms with Crippen LogP contribution in [-0.2, 0) is 35.1 Å². The zero-order valence-corrected chi connectivity index (χ0v) is 35.4. The molecule has 0 aliphatic carbocycles. The summed E-state index contributed by atoms with van der Waals surface area (Å²) in [6.45, 7) is 18.3. The minimum atomic E-state index is 0.180. The Morgan fingerprint density at radius 3 is 1.25 bits per heavy atom. The summed E-state index contributed by atoms with van der Waals surface area (Å²) in [4.78, 5) is 0. The average Bonchev–Trinajstić information content (AvgIpc) is 3.78. The number of hydrogen-bond donors (Lipinski definition) is 0. The van der Waals surface area contributed by atoms with Gasteiger partial charge in [-0.1, -0.05) is 75.9 Å². The third-order valence-electron chi connectivity index (χ3n) is 9.84. The molecule has 0 amide bonds. The Morgan fingerprint density at radius 2 is 0.885 bits per heavy atom. The van der Waals surface area contributed by atoms with Gasteiger partial charge in [-0.15, -0.1) is 39.7 Å². The zero-order valence-electron chi connectivity index (χ0n) is 31.5. The number of halogens is 2. The molecule has 3 heteroatoms. The predicted molar refractivity (Wildman–Crippen MR) is 227 cm³/mol. The van der Waals surface area contributed by atoms with E-state index in [4.69, 9.17) is 23.2 Å². The van der Waals surface area contributed by atoms with Gasteiger partial charge in [0.15, 0.2) is 0 Å². The molecule has 8 rings (SSSR count). The largest absolute Gasteiger partial charge is 0.214 e. The molecule has 0 nitrogen and oxygen atoms in total. The summed E-state index contributed by atoms with van der Waals surface area (Å²) < 4.78 is 1.31. The average molecular weight is 797 g/mol. The molecule has 8 aromatic rings. The van der Waals surface area contributed by atoms with E-state index in [2.05, 4.69) is 134 Å². The molecule has 0 saturated carbocycles. The van der Waals surface area contributed by atoms with Crippen molar-refractivity contribution in [2.75, 3.05) is 0 Å². The van der Waals surface area contributed by atoms with Crippen LogP contribution in [0.4, 0.5) is 0 Å². The maximum atomic E-state index is 6.38. The Morgan fingerprint density at radius 1 is 0.500 bits per heavy atom. The van der Waals surface area contributed by atoms with Gasteiger partial charge >= 0.3 is 166 Å². The van der Waals surface area contributed by atoms with Crippen molar-refractivity contribution < 1.29 is 24.2 Å². The van der Waals surface area contributed by atoms with E-state index >= 15 is 0 Å². The van der Waals surface area contributed by atoms with E-state index in [0.717, 1.165) is 20.8 Å². The van der Waals surface area contributed by atoms with E-state index in [9.17, 15) is 0 Å². The molecule has 0 fully saturated rings. The minimum Gasteiger partial charge on any atom is -0.214 e. The van der Waals surface area contributed by atoms with E-state index in [1.54, 1.807) is 0 Å². The minimum absolute atomic E-state index is 0.180. The normalized spacial score (nSPS) is 11.8. The van der Waals surface area contributed by atoms with Gasteiger partial charge in [-0.25, -0.2) is 12.1 Å². The van der Waals surface area contributed by atoms with Gasteiger partial charge in [-0.2, -0.15) is 18.2 Å². The van der Waals surface area contributed by atoms with Crippen molar-refractivity contribution in [3.8, 4) is 0 Å². The van der Waals surface area contributed by atoms with Crippen LogP contribution in [0.1, 0.15) is 74.9 Å². The molecule has 0 saturated heterocycles. The van der Waals surface area contributed by atoms with E-state index in [0.29, 0.717) is 0 Å². The van der Waals surface area contributed by atoms with Crippen molar-refractivity contribution >= 4 is 69.5 Å². The van der Waals surface area contributed by atoms with Gasteiger partial charge in [0.2, 0.25) is 0 Å². The second-order valence-corrected chi connectivity index (χ2v) is 17.8. The smallest absolute Gasteiger partial charge is 0.172 e. The molecule has 0 aromatic heterocycles. The molecule has 0 radical (unpaired) electrons. The SMILES string of the molecule is Cc1cc2[cH-]c3cc(C)c(C(C)(C)C)cc3c2cc1C(C)(C)C.Clc1cccc2c([C](=[Zr+2])c3cccc4c(Cl)cccc34)cccc12.c1cc[cH-]c1. The second-order valence-electron chi connectivity index (χ2n) is 15.8. The summed E-state index contributed by atoms with van der Waals surface area (Å²) in [5.41, 5.74) is 8.53. The van der Waals surface area contributed by atoms with Gasteiger partial charge < -0.3 is 0 Å². The van der Waals surface area contributed by atoms with Crippen molar-refractivity contribution in [2.45, 2.75) is 66.2 Å². The first-order valence-corrected chi connectivity index (χ1v) is 19.9. The van der Waals surface area contributed by atoms with Crippen LogP contribution in [0.3, 0.4) is 0 Å². The first-order chi connectivity index (χ1) is 24.6. The third kappa shape index (κ3) is 7.99. The van der Waals surface area contributed by atoms with Crippen LogP contribution in [0.25, 0.3) is 43.1 Å². The Balaban J connectivity index is 0.000000157. The van der Waals surface area contributed by atoms with Crippen LogP contribution < -0.4 is 0 Å². The van der Waals surface area contributed by atoms with Crippen molar-refractivity contribution in [3.05, 3.63) is 177 Å². The number of benzene rings is 6. The van der Waals surface area contributed by atoms with Crippen LogP contribution >= 0.6 is 23.2 Å². The quantitative estimate of drug-likeness (QED) is 0.153. The van der Waals surface area contributed by atoms with Crippen LogP contribution in [-0.4, -0.2) is 3.21 Å². The van der Waals surface area contributed by atoms with E-state index in [1.807, 2.05) is 54.6 Å². The van der Waals surface area contributed by atoms with Crippen molar-refractivity contribution in [3.63, 3.8) is 0 Å². The van der Waals surface area contributed by atoms with Crippen molar-refractivity contribution in [1.82, 2.24) is 0 Å². The van der Waals surface area contributed by atoms with Crippen LogP contribution in [0.5, 0.6) is 0 Å². The van der Waals surface area contributed by atoms with Gasteiger partial charge in [-0.05, 0) is 24.7 Å². The molecule has 0 N–H and O–H groups in total. The van der Waals surface area contributed by atoms with E-state index in [1.165, 1.54) is 93.1 Å². The maximum absolute atomic E-state index is 6.38. The molecule has 0 aliphatic heterocycles. The summed E-state index contributed by atoms with van der Waals surface area (Å²) in [6, 6.07) is 46.7.